The van der Waals surface area contributed by atoms with Crippen molar-refractivity contribution in [1.82, 2.24) is 39.3 Å². The number of anilines is 1. The standard InChI is InChI=1S/C34H30ClF3N10O3/c1-19-5-3-6-27(24-13-20(10-12-39-24)31-25(42-32(19)50)16-47(44-31)28-7-4-11-40-33(28)51-2)46-18-41-23(15-30(46)49)22-14-21(35)8-9-26(22)48-17-29(43-45-48)34(36,37)38/h4,7-19,27-28,33H,3,5-6H2,1-2H3,(H,42,50)/t19-,27+,28?,33?/m1/s1. The number of nitrogens with zero attached hydrogens (tertiary/aromatic N) is 9. The second-order valence-electron chi connectivity index (χ2n) is 12.2. The molecule has 0 saturated carbocycles. The van der Waals surface area contributed by atoms with Crippen LogP contribution in [0, 0.1) is 5.92 Å². The van der Waals surface area contributed by atoms with Gasteiger partial charge >= 0.3 is 6.18 Å². The number of pyridine rings is 1. The average Bonchev–Trinajstić information content (AvgIpc) is 3.78. The Morgan fingerprint density at radius 3 is 2.67 bits per heavy atom. The summed E-state index contributed by atoms with van der Waals surface area (Å²) in [6, 6.07) is 8.43. The largest absolute Gasteiger partial charge is 0.436 e. The molecule has 2 aliphatic heterocycles. The molecule has 2 aliphatic rings. The van der Waals surface area contributed by atoms with Crippen LogP contribution in [0.25, 0.3) is 28.2 Å². The Kier molecular flexibility index (Phi) is 9.12. The number of nitrogens with one attached hydrogen (secondary N) is 1. The predicted molar refractivity (Wildman–Crippen MR) is 182 cm³/mol. The van der Waals surface area contributed by atoms with Crippen LogP contribution in [0.3, 0.4) is 0 Å². The summed E-state index contributed by atoms with van der Waals surface area (Å²) in [6.45, 7) is 1.84. The molecule has 13 nitrogen and oxygen atoms in total. The maximum absolute atomic E-state index is 13.9. The lowest BCUT2D eigenvalue weighted by atomic mass is 9.97. The molecule has 2 unspecified atom stereocenters. The van der Waals surface area contributed by atoms with Gasteiger partial charge in [0.25, 0.3) is 5.56 Å². The minimum atomic E-state index is -4.69. The maximum atomic E-state index is 13.9. The van der Waals surface area contributed by atoms with Crippen molar-refractivity contribution in [1.29, 1.82) is 0 Å². The fourth-order valence-corrected chi connectivity index (χ4v) is 6.35. The molecule has 4 aromatic heterocycles. The molecule has 1 amide bonds. The minimum Gasteiger partial charge on any atom is -0.357 e. The fraction of sp³-hybridized carbons (Fsp3) is 0.294. The fourth-order valence-electron chi connectivity index (χ4n) is 6.18. The normalized spacial score (nSPS) is 20.7. The molecule has 51 heavy (non-hydrogen) atoms. The van der Waals surface area contributed by atoms with Gasteiger partial charge in [0.15, 0.2) is 11.9 Å². The van der Waals surface area contributed by atoms with Crippen molar-refractivity contribution in [2.24, 2.45) is 10.9 Å². The van der Waals surface area contributed by atoms with Gasteiger partial charge in [0.05, 0.1) is 47.5 Å². The van der Waals surface area contributed by atoms with Crippen LogP contribution >= 0.6 is 11.6 Å². The molecule has 0 radical (unpaired) electrons. The molecule has 0 saturated heterocycles. The number of amides is 1. The van der Waals surface area contributed by atoms with Gasteiger partial charge in [-0.2, -0.15) is 18.3 Å². The lowest BCUT2D eigenvalue weighted by Crippen LogP contribution is -2.27. The summed E-state index contributed by atoms with van der Waals surface area (Å²) in [4.78, 5) is 40.8. The molecular weight excluding hydrogens is 689 g/mol. The Bertz CT molecular complexity index is 2230. The zero-order valence-electron chi connectivity index (χ0n) is 27.2. The van der Waals surface area contributed by atoms with E-state index in [1.54, 1.807) is 36.5 Å². The van der Waals surface area contributed by atoms with E-state index in [2.05, 4.69) is 30.6 Å². The number of halogens is 4. The monoisotopic (exact) mass is 718 g/mol. The van der Waals surface area contributed by atoms with E-state index in [-0.39, 0.29) is 39.8 Å². The van der Waals surface area contributed by atoms with Crippen LogP contribution in [0.4, 0.5) is 18.9 Å². The van der Waals surface area contributed by atoms with Crippen molar-refractivity contribution >= 4 is 29.4 Å². The molecule has 0 fully saturated rings. The number of rotatable bonds is 5. The Balaban J connectivity index is 1.28. The number of methoxy groups -OCH3 is 1. The first kappa shape index (κ1) is 34.0. The highest BCUT2D eigenvalue weighted by Crippen LogP contribution is 2.35. The summed E-state index contributed by atoms with van der Waals surface area (Å²) >= 11 is 6.27. The van der Waals surface area contributed by atoms with Crippen molar-refractivity contribution in [2.45, 2.75) is 50.7 Å². The highest BCUT2D eigenvalue weighted by Gasteiger charge is 2.35. The van der Waals surface area contributed by atoms with Crippen LogP contribution in [0.5, 0.6) is 0 Å². The number of carbonyl (C=O) groups is 1. The van der Waals surface area contributed by atoms with Crippen LogP contribution in [0.15, 0.2) is 83.3 Å². The van der Waals surface area contributed by atoms with E-state index >= 15 is 0 Å². The molecule has 262 valence electrons. The zero-order valence-corrected chi connectivity index (χ0v) is 28.0. The van der Waals surface area contributed by atoms with Crippen molar-refractivity contribution in [3.05, 3.63) is 100 Å². The molecule has 1 N–H and O–H groups in total. The lowest BCUT2D eigenvalue weighted by Gasteiger charge is -2.22. The van der Waals surface area contributed by atoms with Gasteiger partial charge in [-0.05, 0) is 49.2 Å². The summed E-state index contributed by atoms with van der Waals surface area (Å²) < 4.78 is 49.5. The number of alkyl halides is 3. The summed E-state index contributed by atoms with van der Waals surface area (Å²) in [5.41, 5.74) is 1.29. The van der Waals surface area contributed by atoms with E-state index < -0.39 is 29.7 Å². The van der Waals surface area contributed by atoms with Crippen molar-refractivity contribution in [3.8, 4) is 28.2 Å². The van der Waals surface area contributed by atoms with Crippen molar-refractivity contribution in [2.75, 3.05) is 12.4 Å². The van der Waals surface area contributed by atoms with Gasteiger partial charge in [-0.3, -0.25) is 28.8 Å². The average molecular weight is 719 g/mol. The van der Waals surface area contributed by atoms with Crippen LogP contribution in [-0.2, 0) is 15.7 Å². The smallest absolute Gasteiger partial charge is 0.357 e. The highest BCUT2D eigenvalue weighted by atomic mass is 35.5. The number of hydrogen-bond donors (Lipinski definition) is 1. The molecule has 5 aromatic rings. The summed E-state index contributed by atoms with van der Waals surface area (Å²) in [5, 5.41) is 15.1. The first-order chi connectivity index (χ1) is 24.5. The number of ether oxygens (including phenoxy) is 1. The molecule has 17 heteroatoms. The van der Waals surface area contributed by atoms with E-state index in [1.165, 1.54) is 35.2 Å². The summed E-state index contributed by atoms with van der Waals surface area (Å²) in [5.74, 6) is -0.524. The van der Waals surface area contributed by atoms with Gasteiger partial charge in [-0.1, -0.05) is 36.2 Å². The number of fused-ring (bicyclic) bond motifs is 4. The molecular formula is C34H30ClF3N10O3. The zero-order chi connectivity index (χ0) is 35.9. The third-order valence-electron chi connectivity index (χ3n) is 8.85. The highest BCUT2D eigenvalue weighted by molar-refractivity contribution is 6.31. The van der Waals surface area contributed by atoms with Gasteiger partial charge in [-0.25, -0.2) is 9.67 Å². The molecule has 7 rings (SSSR count). The van der Waals surface area contributed by atoms with E-state index in [9.17, 15) is 22.8 Å². The Morgan fingerprint density at radius 1 is 1.06 bits per heavy atom. The SMILES string of the molecule is COC1N=CC=CC1n1cc2c(n1)-c1ccnc(c1)[C@@H](n1cnc(-c3cc(Cl)ccc3-n3cc(C(F)(F)F)nn3)cc1=O)CCC[C@@H](C)C(=O)N2. The van der Waals surface area contributed by atoms with Crippen LogP contribution in [-0.4, -0.2) is 64.8 Å². The number of benzene rings is 1. The molecule has 2 bridgehead atoms. The molecule has 0 spiro atoms. The third kappa shape index (κ3) is 6.83. The molecule has 1 aromatic carbocycles. The van der Waals surface area contributed by atoms with Crippen LogP contribution in [0.2, 0.25) is 5.02 Å². The topological polar surface area (TPSA) is 147 Å². The van der Waals surface area contributed by atoms with E-state index in [4.69, 9.17) is 21.4 Å². The Labute approximate surface area is 293 Å². The van der Waals surface area contributed by atoms with Gasteiger partial charge in [0.2, 0.25) is 5.91 Å². The second kappa shape index (κ2) is 13.7. The van der Waals surface area contributed by atoms with Crippen molar-refractivity contribution < 1.29 is 22.7 Å². The van der Waals surface area contributed by atoms with E-state index in [0.717, 1.165) is 10.9 Å². The third-order valence-corrected chi connectivity index (χ3v) is 9.09. The van der Waals surface area contributed by atoms with Gasteiger partial charge in [0.1, 0.15) is 11.7 Å². The number of hydrogen-bond acceptors (Lipinski definition) is 9. The second-order valence-corrected chi connectivity index (χ2v) is 12.6. The van der Waals surface area contributed by atoms with Gasteiger partial charge in [-0.15, -0.1) is 5.10 Å². The predicted octanol–water partition coefficient (Wildman–Crippen LogP) is 5.92. The van der Waals surface area contributed by atoms with E-state index in [1.807, 2.05) is 25.1 Å². The Hall–Kier alpha value is -5.48. The van der Waals surface area contributed by atoms with Crippen LogP contribution in [0.1, 0.15) is 49.7 Å². The molecule has 0 aliphatic carbocycles. The quantitative estimate of drug-likeness (QED) is 0.236. The first-order valence-corrected chi connectivity index (χ1v) is 16.3. The lowest BCUT2D eigenvalue weighted by molar-refractivity contribution is -0.141. The number of aliphatic imine (C=N–C) groups is 1. The number of allylic oxidation sites excluding steroid dienone is 1. The first-order valence-electron chi connectivity index (χ1n) is 16.0. The van der Waals surface area contributed by atoms with Crippen LogP contribution < -0.4 is 10.9 Å². The molecule has 6 heterocycles. The summed E-state index contributed by atoms with van der Waals surface area (Å²) in [7, 11) is 1.56. The van der Waals surface area contributed by atoms with Gasteiger partial charge < -0.3 is 10.1 Å². The van der Waals surface area contributed by atoms with Crippen molar-refractivity contribution in [3.63, 3.8) is 0 Å². The maximum Gasteiger partial charge on any atom is 0.436 e. The minimum absolute atomic E-state index is 0.169. The van der Waals surface area contributed by atoms with Gasteiger partial charge in [0, 0.05) is 47.7 Å². The number of carbonyl (C=O) groups excluding carboxylic acids is 1. The number of aromatic nitrogens is 8. The number of dihydropyridines is 1. The van der Waals surface area contributed by atoms with E-state index in [0.29, 0.717) is 41.9 Å². The summed E-state index contributed by atoms with van der Waals surface area (Å²) in [6.07, 6.45) is 7.25. The molecule has 4 atom stereocenters. The Morgan fingerprint density at radius 2 is 1.90 bits per heavy atom.